The molecule has 1 aromatic heterocycles. The fraction of sp³-hybridized carbons (Fsp3) is 0.0545. The van der Waals surface area contributed by atoms with Gasteiger partial charge in [-0.25, -0.2) is 9.97 Å². The number of aromatic nitrogens is 2. The summed E-state index contributed by atoms with van der Waals surface area (Å²) in [5, 5.41) is 7.41. The summed E-state index contributed by atoms with van der Waals surface area (Å²) in [4.78, 5) is 10.5. The Morgan fingerprint density at radius 2 is 0.860 bits per heavy atom. The molecule has 2 heteroatoms. The van der Waals surface area contributed by atoms with Gasteiger partial charge in [0.1, 0.15) is 0 Å². The largest absolute Gasteiger partial charge is 0.228 e. The van der Waals surface area contributed by atoms with Gasteiger partial charge < -0.3 is 0 Å². The van der Waals surface area contributed by atoms with Crippen molar-refractivity contribution in [2.75, 3.05) is 0 Å². The first kappa shape index (κ1) is 33.2. The van der Waals surface area contributed by atoms with Crippen molar-refractivity contribution < 1.29 is 0 Å². The molecule has 0 unspecified atom stereocenters. The van der Waals surface area contributed by atoms with Crippen molar-refractivity contribution in [1.82, 2.24) is 9.97 Å². The van der Waals surface area contributed by atoms with Crippen LogP contribution in [0.1, 0.15) is 25.0 Å². The molecular formula is C55H38N2. The van der Waals surface area contributed by atoms with Crippen LogP contribution in [0.25, 0.3) is 99.6 Å². The van der Waals surface area contributed by atoms with Crippen LogP contribution in [0.2, 0.25) is 0 Å². The van der Waals surface area contributed by atoms with Crippen LogP contribution in [-0.4, -0.2) is 9.97 Å². The third-order valence-corrected chi connectivity index (χ3v) is 12.1. The topological polar surface area (TPSA) is 25.8 Å². The van der Waals surface area contributed by atoms with Crippen LogP contribution in [0, 0.1) is 0 Å². The van der Waals surface area contributed by atoms with Gasteiger partial charge in [-0.05, 0) is 107 Å². The fourth-order valence-corrected chi connectivity index (χ4v) is 9.14. The van der Waals surface area contributed by atoms with Gasteiger partial charge in [0.15, 0.2) is 5.82 Å². The monoisotopic (exact) mass is 726 g/mol. The number of hydrogen-bond acceptors (Lipinski definition) is 2. The van der Waals surface area contributed by atoms with Crippen LogP contribution < -0.4 is 0 Å². The van der Waals surface area contributed by atoms with Gasteiger partial charge in [0, 0.05) is 22.1 Å². The molecule has 0 saturated heterocycles. The first-order chi connectivity index (χ1) is 28.0. The van der Waals surface area contributed by atoms with Crippen molar-refractivity contribution in [1.29, 1.82) is 0 Å². The van der Waals surface area contributed by atoms with E-state index in [1.807, 2.05) is 6.07 Å². The van der Waals surface area contributed by atoms with Gasteiger partial charge in [0.25, 0.3) is 0 Å². The van der Waals surface area contributed by atoms with Crippen LogP contribution in [-0.2, 0) is 5.41 Å². The standard InChI is InChI=1S/C55H38N2/c1-55(2)50-33-40(26-27-47(50)49-31-37-17-6-7-18-38(37)32-51(49)55)44-28-29-48(46-24-11-10-23-45(44)46)53-34-52(56-54(57-53)36-15-4-3-5-16-36)41-21-12-20-39(30-41)43-25-13-19-35-14-8-9-22-42(35)43/h3-34H,1-2H3. The summed E-state index contributed by atoms with van der Waals surface area (Å²) in [7, 11) is 0. The molecular weight excluding hydrogens is 689 g/mol. The van der Waals surface area contributed by atoms with E-state index in [4.69, 9.17) is 9.97 Å². The number of nitrogens with zero attached hydrogens (tertiary/aromatic N) is 2. The molecule has 0 amide bonds. The maximum Gasteiger partial charge on any atom is 0.160 e. The quantitative estimate of drug-likeness (QED) is 0.176. The van der Waals surface area contributed by atoms with Crippen molar-refractivity contribution in [2.45, 2.75) is 19.3 Å². The predicted octanol–water partition coefficient (Wildman–Crippen LogP) is 14.6. The second kappa shape index (κ2) is 13.0. The normalized spacial score (nSPS) is 12.9. The Kier molecular flexibility index (Phi) is 7.55. The Labute approximate surface area is 332 Å². The van der Waals surface area contributed by atoms with Gasteiger partial charge >= 0.3 is 0 Å². The molecule has 57 heavy (non-hydrogen) atoms. The van der Waals surface area contributed by atoms with Gasteiger partial charge in [-0.15, -0.1) is 0 Å². The van der Waals surface area contributed by atoms with Crippen molar-refractivity contribution in [3.63, 3.8) is 0 Å². The molecule has 0 bridgehead atoms. The van der Waals surface area contributed by atoms with E-state index >= 15 is 0 Å². The van der Waals surface area contributed by atoms with Crippen LogP contribution in [0.4, 0.5) is 0 Å². The minimum atomic E-state index is -0.115. The third kappa shape index (κ3) is 5.48. The van der Waals surface area contributed by atoms with E-state index in [1.54, 1.807) is 0 Å². The van der Waals surface area contributed by atoms with Crippen LogP contribution in [0.3, 0.4) is 0 Å². The predicted molar refractivity (Wildman–Crippen MR) is 239 cm³/mol. The van der Waals surface area contributed by atoms with Gasteiger partial charge in [0.05, 0.1) is 11.4 Å². The first-order valence-corrected chi connectivity index (χ1v) is 19.7. The highest BCUT2D eigenvalue weighted by Crippen LogP contribution is 2.51. The van der Waals surface area contributed by atoms with E-state index in [9.17, 15) is 0 Å². The Morgan fingerprint density at radius 1 is 0.316 bits per heavy atom. The van der Waals surface area contributed by atoms with E-state index in [2.05, 4.69) is 202 Å². The van der Waals surface area contributed by atoms with Gasteiger partial charge in [-0.3, -0.25) is 0 Å². The second-order valence-electron chi connectivity index (χ2n) is 15.8. The minimum absolute atomic E-state index is 0.115. The van der Waals surface area contributed by atoms with E-state index in [1.165, 1.54) is 65.9 Å². The molecule has 11 rings (SSSR count). The van der Waals surface area contributed by atoms with Gasteiger partial charge in [-0.1, -0.05) is 178 Å². The SMILES string of the molecule is CC1(C)c2cc(-c3ccc(-c4cc(-c5cccc(-c6cccc7ccccc67)c5)nc(-c5ccccc5)n4)c4ccccc34)ccc2-c2cc3ccccc3cc21. The van der Waals surface area contributed by atoms with Crippen LogP contribution in [0.15, 0.2) is 194 Å². The summed E-state index contributed by atoms with van der Waals surface area (Å²) < 4.78 is 0. The molecule has 1 aliphatic rings. The van der Waals surface area contributed by atoms with Crippen LogP contribution in [0.5, 0.6) is 0 Å². The molecule has 0 aliphatic heterocycles. The zero-order chi connectivity index (χ0) is 38.1. The number of fused-ring (bicyclic) bond motifs is 6. The highest BCUT2D eigenvalue weighted by molar-refractivity contribution is 6.05. The summed E-state index contributed by atoms with van der Waals surface area (Å²) in [5.74, 6) is 0.708. The zero-order valence-corrected chi connectivity index (χ0v) is 31.9. The van der Waals surface area contributed by atoms with Crippen molar-refractivity contribution in [3.8, 4) is 67.3 Å². The molecule has 0 fully saturated rings. The van der Waals surface area contributed by atoms with Crippen LogP contribution >= 0.6 is 0 Å². The Morgan fingerprint density at radius 3 is 1.68 bits per heavy atom. The summed E-state index contributed by atoms with van der Waals surface area (Å²) in [6.45, 7) is 4.73. The van der Waals surface area contributed by atoms with E-state index in [0.29, 0.717) is 5.82 Å². The Bertz CT molecular complexity index is 3210. The molecule has 268 valence electrons. The second-order valence-corrected chi connectivity index (χ2v) is 15.8. The Hall–Kier alpha value is -7.16. The molecule has 0 saturated carbocycles. The molecule has 0 spiro atoms. The Balaban J connectivity index is 1.05. The lowest BCUT2D eigenvalue weighted by atomic mass is 9.81. The average molecular weight is 727 g/mol. The first-order valence-electron chi connectivity index (χ1n) is 19.7. The smallest absolute Gasteiger partial charge is 0.160 e. The molecule has 10 aromatic rings. The summed E-state index contributed by atoms with van der Waals surface area (Å²) >= 11 is 0. The molecule has 9 aromatic carbocycles. The molecule has 0 N–H and O–H groups in total. The van der Waals surface area contributed by atoms with Crippen molar-refractivity contribution in [2.24, 2.45) is 0 Å². The molecule has 1 aliphatic carbocycles. The maximum atomic E-state index is 5.27. The molecule has 2 nitrogen and oxygen atoms in total. The van der Waals surface area contributed by atoms with E-state index < -0.39 is 0 Å². The third-order valence-electron chi connectivity index (χ3n) is 12.1. The molecule has 1 heterocycles. The zero-order valence-electron chi connectivity index (χ0n) is 31.9. The average Bonchev–Trinajstić information content (AvgIpc) is 3.49. The summed E-state index contributed by atoms with van der Waals surface area (Å²) in [5.41, 5.74) is 15.1. The van der Waals surface area contributed by atoms with E-state index in [-0.39, 0.29) is 5.41 Å². The number of rotatable bonds is 5. The molecule has 0 atom stereocenters. The highest BCUT2D eigenvalue weighted by atomic mass is 14.9. The highest BCUT2D eigenvalue weighted by Gasteiger charge is 2.36. The molecule has 0 radical (unpaired) electrons. The number of benzene rings is 9. The number of hydrogen-bond donors (Lipinski definition) is 0. The maximum absolute atomic E-state index is 5.27. The van der Waals surface area contributed by atoms with Crippen molar-refractivity contribution >= 4 is 32.3 Å². The lowest BCUT2D eigenvalue weighted by molar-refractivity contribution is 0.661. The fourth-order valence-electron chi connectivity index (χ4n) is 9.14. The van der Waals surface area contributed by atoms with E-state index in [0.717, 1.165) is 39.0 Å². The minimum Gasteiger partial charge on any atom is -0.228 e. The van der Waals surface area contributed by atoms with Gasteiger partial charge in [-0.2, -0.15) is 0 Å². The summed E-state index contributed by atoms with van der Waals surface area (Å²) in [6.07, 6.45) is 0. The van der Waals surface area contributed by atoms with Gasteiger partial charge in [0.2, 0.25) is 0 Å². The van der Waals surface area contributed by atoms with Crippen molar-refractivity contribution in [3.05, 3.63) is 205 Å². The lowest BCUT2D eigenvalue weighted by Crippen LogP contribution is -2.15. The summed E-state index contributed by atoms with van der Waals surface area (Å²) in [6, 6.07) is 70.2. The lowest BCUT2D eigenvalue weighted by Gasteiger charge is -2.22.